The van der Waals surface area contributed by atoms with Crippen molar-refractivity contribution in [3.05, 3.63) is 42.5 Å². The summed E-state index contributed by atoms with van der Waals surface area (Å²) >= 11 is 0. The van der Waals surface area contributed by atoms with Crippen LogP contribution in [0.4, 0.5) is 0 Å². The van der Waals surface area contributed by atoms with Crippen molar-refractivity contribution in [2.75, 3.05) is 0 Å². The van der Waals surface area contributed by atoms with E-state index >= 15 is 0 Å². The average Bonchev–Trinajstić information content (AvgIpc) is 2.67. The molecule has 0 radical (unpaired) electrons. The van der Waals surface area contributed by atoms with Crippen LogP contribution >= 0.6 is 0 Å². The maximum Gasteiger partial charge on any atom is 0.243 e. The standard InChI is InChI=1S/C9H5N3O/c13-7-8-3-1-6-12(8)9-10-4-2-5-11-9/h1,3-4,6-7H. The van der Waals surface area contributed by atoms with Crippen molar-refractivity contribution in [1.82, 2.24) is 14.5 Å². The van der Waals surface area contributed by atoms with Crippen molar-refractivity contribution in [2.45, 2.75) is 0 Å². The molecule has 0 spiro atoms. The summed E-state index contributed by atoms with van der Waals surface area (Å²) in [7, 11) is 0. The lowest BCUT2D eigenvalue weighted by Gasteiger charge is -1.98. The van der Waals surface area contributed by atoms with Crippen molar-refractivity contribution in [1.29, 1.82) is 0 Å². The van der Waals surface area contributed by atoms with E-state index in [2.05, 4.69) is 22.2 Å². The van der Waals surface area contributed by atoms with Gasteiger partial charge >= 0.3 is 0 Å². The third-order valence-corrected chi connectivity index (χ3v) is 1.58. The lowest BCUT2D eigenvalue weighted by Crippen LogP contribution is -2.01. The van der Waals surface area contributed by atoms with Gasteiger partial charge in [0.05, 0.1) is 11.9 Å². The van der Waals surface area contributed by atoms with Crippen LogP contribution in [0.3, 0.4) is 0 Å². The van der Waals surface area contributed by atoms with E-state index in [1.165, 1.54) is 6.20 Å². The molecule has 4 nitrogen and oxygen atoms in total. The fourth-order valence-corrected chi connectivity index (χ4v) is 1.02. The van der Waals surface area contributed by atoms with Gasteiger partial charge in [0.25, 0.3) is 0 Å². The number of aromatic nitrogens is 3. The van der Waals surface area contributed by atoms with Crippen LogP contribution in [-0.2, 0) is 0 Å². The number of carbonyl (C=O) groups excluding carboxylic acids is 1. The summed E-state index contributed by atoms with van der Waals surface area (Å²) in [4.78, 5) is 18.3. The van der Waals surface area contributed by atoms with Gasteiger partial charge in [-0.15, -0.1) is 0 Å². The van der Waals surface area contributed by atoms with Crippen LogP contribution in [0.5, 0.6) is 0 Å². The summed E-state index contributed by atoms with van der Waals surface area (Å²) in [5.74, 6) is 0.422. The van der Waals surface area contributed by atoms with E-state index in [-0.39, 0.29) is 0 Å². The minimum Gasteiger partial charge on any atom is -0.296 e. The molecule has 0 atom stereocenters. The van der Waals surface area contributed by atoms with Gasteiger partial charge in [0, 0.05) is 12.4 Å². The van der Waals surface area contributed by atoms with Gasteiger partial charge < -0.3 is 0 Å². The lowest BCUT2D eigenvalue weighted by molar-refractivity contribution is 0.111. The van der Waals surface area contributed by atoms with Crippen molar-refractivity contribution in [2.24, 2.45) is 0 Å². The Hall–Kier alpha value is -2.15. The number of nitrogens with zero attached hydrogens (tertiary/aromatic N) is 3. The number of hydrogen-bond donors (Lipinski definition) is 0. The minimum atomic E-state index is 0.422. The molecular weight excluding hydrogens is 166 g/mol. The summed E-state index contributed by atoms with van der Waals surface area (Å²) in [6.45, 7) is 0. The minimum absolute atomic E-state index is 0.422. The highest BCUT2D eigenvalue weighted by molar-refractivity contribution is 5.73. The molecule has 2 heterocycles. The monoisotopic (exact) mass is 171 g/mol. The Bertz CT molecular complexity index is 408. The first-order valence-electron chi connectivity index (χ1n) is 3.65. The van der Waals surface area contributed by atoms with Crippen LogP contribution in [0.15, 0.2) is 24.5 Å². The Morgan fingerprint density at radius 1 is 1.54 bits per heavy atom. The van der Waals surface area contributed by atoms with E-state index in [9.17, 15) is 4.79 Å². The molecule has 62 valence electrons. The largest absolute Gasteiger partial charge is 0.296 e. The topological polar surface area (TPSA) is 47.8 Å². The second-order valence-electron chi connectivity index (χ2n) is 2.35. The molecule has 0 saturated heterocycles. The zero-order valence-electron chi connectivity index (χ0n) is 6.64. The molecule has 2 aromatic heterocycles. The molecule has 0 amide bonds. The van der Waals surface area contributed by atoms with Crippen molar-refractivity contribution < 1.29 is 4.79 Å². The summed E-state index contributed by atoms with van der Waals surface area (Å²) in [5.41, 5.74) is 0.514. The Balaban J connectivity index is 2.52. The van der Waals surface area contributed by atoms with Crippen LogP contribution in [0, 0.1) is 12.3 Å². The molecule has 4 heteroatoms. The Labute approximate surface area is 74.9 Å². The number of hydrogen-bond acceptors (Lipinski definition) is 3. The molecule has 0 unspecified atom stereocenters. The predicted octanol–water partition coefficient (Wildman–Crippen LogP) is 0.680. The van der Waals surface area contributed by atoms with E-state index < -0.39 is 0 Å². The summed E-state index contributed by atoms with van der Waals surface area (Å²) in [6, 6.07) is 6.02. The van der Waals surface area contributed by atoms with Crippen molar-refractivity contribution >= 4 is 6.29 Å². The van der Waals surface area contributed by atoms with Crippen LogP contribution in [0.25, 0.3) is 5.95 Å². The Morgan fingerprint density at radius 3 is 3.15 bits per heavy atom. The van der Waals surface area contributed by atoms with E-state index in [1.54, 1.807) is 22.9 Å². The van der Waals surface area contributed by atoms with Crippen molar-refractivity contribution in [3.8, 4) is 5.95 Å². The molecule has 2 aromatic rings. The molecule has 0 saturated carbocycles. The smallest absolute Gasteiger partial charge is 0.243 e. The molecular formula is C9H5N3O. The third kappa shape index (κ3) is 1.27. The van der Waals surface area contributed by atoms with Gasteiger partial charge in [-0.1, -0.05) is 0 Å². The SMILES string of the molecule is O=Cc1cccn1-c1nc#ccn1. The maximum atomic E-state index is 10.6. The third-order valence-electron chi connectivity index (χ3n) is 1.58. The van der Waals surface area contributed by atoms with Gasteiger partial charge in [-0.05, 0) is 18.2 Å². The van der Waals surface area contributed by atoms with E-state index in [1.807, 2.05) is 0 Å². The Morgan fingerprint density at radius 2 is 2.46 bits per heavy atom. The molecule has 0 aliphatic heterocycles. The molecule has 0 bridgehead atoms. The van der Waals surface area contributed by atoms with E-state index in [0.29, 0.717) is 11.6 Å². The summed E-state index contributed by atoms with van der Waals surface area (Å²) in [6.07, 6.45) is 6.45. The number of aldehydes is 1. The van der Waals surface area contributed by atoms with Gasteiger partial charge in [-0.2, -0.15) is 4.98 Å². The van der Waals surface area contributed by atoms with Gasteiger partial charge in [-0.3, -0.25) is 9.36 Å². The fourth-order valence-electron chi connectivity index (χ4n) is 1.02. The summed E-state index contributed by atoms with van der Waals surface area (Å²) in [5, 5.41) is 0. The maximum absolute atomic E-state index is 10.6. The zero-order valence-corrected chi connectivity index (χ0v) is 6.64. The normalized spacial score (nSPS) is 9.23. The van der Waals surface area contributed by atoms with Crippen LogP contribution in [0.2, 0.25) is 0 Å². The van der Waals surface area contributed by atoms with Gasteiger partial charge in [0.15, 0.2) is 6.29 Å². The summed E-state index contributed by atoms with van der Waals surface area (Å²) < 4.78 is 1.58. The zero-order chi connectivity index (χ0) is 9.10. The van der Waals surface area contributed by atoms with Crippen LogP contribution in [0.1, 0.15) is 10.5 Å². The highest BCUT2D eigenvalue weighted by atomic mass is 16.1. The van der Waals surface area contributed by atoms with E-state index in [0.717, 1.165) is 6.29 Å². The second kappa shape index (κ2) is 3.07. The quantitative estimate of drug-likeness (QED) is 0.624. The molecule has 0 aromatic carbocycles. The molecule has 0 aliphatic rings. The predicted molar refractivity (Wildman–Crippen MR) is 44.4 cm³/mol. The van der Waals surface area contributed by atoms with Crippen molar-refractivity contribution in [3.63, 3.8) is 0 Å². The molecule has 0 fully saturated rings. The molecule has 0 N–H and O–H groups in total. The van der Waals surface area contributed by atoms with E-state index in [4.69, 9.17) is 0 Å². The van der Waals surface area contributed by atoms with Crippen LogP contribution in [-0.4, -0.2) is 20.8 Å². The highest BCUT2D eigenvalue weighted by Crippen LogP contribution is 2.03. The lowest BCUT2D eigenvalue weighted by atomic mass is 10.5. The highest BCUT2D eigenvalue weighted by Gasteiger charge is 2.02. The van der Waals surface area contributed by atoms with Gasteiger partial charge in [-0.25, -0.2) is 4.98 Å². The van der Waals surface area contributed by atoms with Crippen LogP contribution < -0.4 is 0 Å². The molecule has 0 aliphatic carbocycles. The first-order valence-corrected chi connectivity index (χ1v) is 3.65. The molecule has 13 heavy (non-hydrogen) atoms. The number of rotatable bonds is 2. The van der Waals surface area contributed by atoms with Gasteiger partial charge in [0.2, 0.25) is 5.95 Å². The average molecular weight is 171 g/mol. The first kappa shape index (κ1) is 7.50. The number of carbonyl (C=O) groups is 1. The molecule has 2 rings (SSSR count). The fraction of sp³-hybridized carbons (Fsp3) is 0. The first-order chi connectivity index (χ1) is 6.42. The Kier molecular flexibility index (Phi) is 1.77. The second-order valence-corrected chi connectivity index (χ2v) is 2.35. The van der Waals surface area contributed by atoms with Gasteiger partial charge in [0.1, 0.15) is 0 Å².